The number of rotatable bonds is 4. The van der Waals surface area contributed by atoms with Gasteiger partial charge in [0.1, 0.15) is 5.75 Å². The van der Waals surface area contributed by atoms with Gasteiger partial charge in [-0.05, 0) is 38.8 Å². The second-order valence-corrected chi connectivity index (χ2v) is 4.37. The zero-order valence-corrected chi connectivity index (χ0v) is 9.34. The molecule has 0 aliphatic heterocycles. The molecule has 1 aromatic carbocycles. The summed E-state index contributed by atoms with van der Waals surface area (Å²) in [6.07, 6.45) is 2.47. The molecule has 0 amide bonds. The molecule has 0 radical (unpaired) electrons. The molecule has 1 aromatic rings. The van der Waals surface area contributed by atoms with Crippen LogP contribution in [-0.4, -0.2) is 12.1 Å². The van der Waals surface area contributed by atoms with Crippen LogP contribution in [0.4, 0.5) is 11.4 Å². The summed E-state index contributed by atoms with van der Waals surface area (Å²) in [7, 11) is 0. The summed E-state index contributed by atoms with van der Waals surface area (Å²) in [5.74, 6) is 0.770. The summed E-state index contributed by atoms with van der Waals surface area (Å²) in [4.78, 5) is 0. The van der Waals surface area contributed by atoms with E-state index in [0.29, 0.717) is 17.8 Å². The minimum Gasteiger partial charge on any atom is -0.492 e. The molecule has 0 bridgehead atoms. The van der Waals surface area contributed by atoms with Gasteiger partial charge < -0.3 is 15.8 Å². The van der Waals surface area contributed by atoms with Gasteiger partial charge in [0.2, 0.25) is 0 Å². The number of ether oxygens (including phenoxy) is 1. The zero-order valence-electron chi connectivity index (χ0n) is 9.34. The van der Waals surface area contributed by atoms with Crippen LogP contribution in [0.1, 0.15) is 26.7 Å². The monoisotopic (exact) mass is 206 g/mol. The first kappa shape index (κ1) is 10.1. The summed E-state index contributed by atoms with van der Waals surface area (Å²) in [6, 6.07) is 5.86. The molecule has 1 fully saturated rings. The van der Waals surface area contributed by atoms with Gasteiger partial charge in [0.05, 0.1) is 12.3 Å². The van der Waals surface area contributed by atoms with E-state index in [2.05, 4.69) is 12.2 Å². The predicted octanol–water partition coefficient (Wildman–Crippen LogP) is 2.63. The average molecular weight is 206 g/mol. The van der Waals surface area contributed by atoms with E-state index in [1.165, 1.54) is 12.8 Å². The van der Waals surface area contributed by atoms with E-state index in [-0.39, 0.29) is 0 Å². The largest absolute Gasteiger partial charge is 0.492 e. The fraction of sp³-hybridized carbons (Fsp3) is 0.500. The summed E-state index contributed by atoms with van der Waals surface area (Å²) in [5, 5.41) is 3.48. The molecule has 0 unspecified atom stereocenters. The summed E-state index contributed by atoms with van der Waals surface area (Å²) < 4.78 is 5.45. The summed E-state index contributed by atoms with van der Waals surface area (Å²) >= 11 is 0. The van der Waals surface area contributed by atoms with Crippen molar-refractivity contribution in [2.24, 2.45) is 0 Å². The van der Waals surface area contributed by atoms with Gasteiger partial charge >= 0.3 is 0 Å². The second kappa shape index (κ2) is 3.65. The first-order valence-electron chi connectivity index (χ1n) is 5.43. The molecule has 1 aliphatic carbocycles. The molecule has 0 atom stereocenters. The molecule has 1 saturated carbocycles. The van der Waals surface area contributed by atoms with Crippen molar-refractivity contribution in [2.75, 3.05) is 17.7 Å². The fourth-order valence-electron chi connectivity index (χ4n) is 1.55. The number of nitrogen functional groups attached to an aromatic ring is 1. The molecule has 2 rings (SSSR count). The Morgan fingerprint density at radius 1 is 1.47 bits per heavy atom. The van der Waals surface area contributed by atoms with Gasteiger partial charge in [0, 0.05) is 17.3 Å². The Morgan fingerprint density at radius 2 is 2.20 bits per heavy atom. The van der Waals surface area contributed by atoms with Gasteiger partial charge in [-0.3, -0.25) is 0 Å². The third-order valence-electron chi connectivity index (χ3n) is 2.76. The Bertz CT molecular complexity index is 359. The van der Waals surface area contributed by atoms with Gasteiger partial charge in [0.15, 0.2) is 0 Å². The third kappa shape index (κ3) is 2.35. The van der Waals surface area contributed by atoms with Crippen LogP contribution >= 0.6 is 0 Å². The van der Waals surface area contributed by atoms with E-state index in [1.807, 2.05) is 25.1 Å². The second-order valence-electron chi connectivity index (χ2n) is 4.37. The van der Waals surface area contributed by atoms with Crippen LogP contribution in [0.15, 0.2) is 18.2 Å². The highest BCUT2D eigenvalue weighted by Crippen LogP contribution is 2.39. The van der Waals surface area contributed by atoms with E-state index < -0.39 is 0 Å². The van der Waals surface area contributed by atoms with Crippen LogP contribution in [0.5, 0.6) is 5.75 Å². The highest BCUT2D eigenvalue weighted by atomic mass is 16.5. The van der Waals surface area contributed by atoms with Gasteiger partial charge in [0.25, 0.3) is 0 Å². The number of anilines is 2. The summed E-state index contributed by atoms with van der Waals surface area (Å²) in [5.41, 5.74) is 7.88. The quantitative estimate of drug-likeness (QED) is 0.744. The van der Waals surface area contributed by atoms with Crippen LogP contribution in [-0.2, 0) is 0 Å². The number of nitrogens with two attached hydrogens (primary N) is 1. The van der Waals surface area contributed by atoms with Gasteiger partial charge in [-0.1, -0.05) is 0 Å². The highest BCUT2D eigenvalue weighted by Gasteiger charge is 2.36. The van der Waals surface area contributed by atoms with Crippen molar-refractivity contribution < 1.29 is 4.74 Å². The fourth-order valence-corrected chi connectivity index (χ4v) is 1.55. The van der Waals surface area contributed by atoms with Crippen LogP contribution in [0.25, 0.3) is 0 Å². The number of hydrogen-bond donors (Lipinski definition) is 2. The smallest absolute Gasteiger partial charge is 0.144 e. The van der Waals surface area contributed by atoms with E-state index >= 15 is 0 Å². The highest BCUT2D eigenvalue weighted by molar-refractivity contribution is 5.62. The third-order valence-corrected chi connectivity index (χ3v) is 2.76. The number of hydrogen-bond acceptors (Lipinski definition) is 3. The molecule has 0 saturated heterocycles. The first-order valence-corrected chi connectivity index (χ1v) is 5.43. The van der Waals surface area contributed by atoms with E-state index in [1.54, 1.807) is 0 Å². The molecule has 15 heavy (non-hydrogen) atoms. The number of benzene rings is 1. The van der Waals surface area contributed by atoms with Crippen LogP contribution in [0.2, 0.25) is 0 Å². The van der Waals surface area contributed by atoms with Crippen molar-refractivity contribution in [3.63, 3.8) is 0 Å². The minimum absolute atomic E-state index is 0.291. The van der Waals surface area contributed by atoms with Gasteiger partial charge in [-0.15, -0.1) is 0 Å². The van der Waals surface area contributed by atoms with Gasteiger partial charge in [-0.25, -0.2) is 0 Å². The Kier molecular flexibility index (Phi) is 2.47. The number of nitrogens with one attached hydrogen (secondary N) is 1. The minimum atomic E-state index is 0.291. The average Bonchev–Trinajstić information content (AvgIpc) is 2.90. The molecular formula is C12H18N2O. The van der Waals surface area contributed by atoms with E-state index in [9.17, 15) is 0 Å². The molecule has 82 valence electrons. The first-order chi connectivity index (χ1) is 7.13. The molecule has 3 nitrogen and oxygen atoms in total. The lowest BCUT2D eigenvalue weighted by Gasteiger charge is -2.15. The maximum atomic E-state index is 5.80. The zero-order chi connectivity index (χ0) is 10.9. The van der Waals surface area contributed by atoms with Crippen LogP contribution in [0, 0.1) is 0 Å². The Hall–Kier alpha value is -1.38. The molecule has 0 aromatic heterocycles. The standard InChI is InChI=1S/C12H18N2O/c1-3-15-11-8-9(4-5-10(11)13)14-12(2)6-7-12/h4-5,8,14H,3,6-7,13H2,1-2H3. The van der Waals surface area contributed by atoms with Crippen LogP contribution < -0.4 is 15.8 Å². The van der Waals surface area contributed by atoms with Crippen molar-refractivity contribution in [3.8, 4) is 5.75 Å². The molecule has 0 spiro atoms. The van der Waals surface area contributed by atoms with Crippen molar-refractivity contribution >= 4 is 11.4 Å². The normalized spacial score (nSPS) is 17.2. The van der Waals surface area contributed by atoms with E-state index in [4.69, 9.17) is 10.5 Å². The molecule has 3 heteroatoms. The Labute approximate surface area is 90.6 Å². The lowest BCUT2D eigenvalue weighted by atomic mass is 10.2. The predicted molar refractivity (Wildman–Crippen MR) is 63.3 cm³/mol. The van der Waals surface area contributed by atoms with Crippen molar-refractivity contribution in [1.82, 2.24) is 0 Å². The maximum absolute atomic E-state index is 5.80. The molecular weight excluding hydrogens is 188 g/mol. The topological polar surface area (TPSA) is 47.3 Å². The SMILES string of the molecule is CCOc1cc(NC2(C)CC2)ccc1N. The van der Waals surface area contributed by atoms with Crippen molar-refractivity contribution in [1.29, 1.82) is 0 Å². The Morgan fingerprint density at radius 3 is 2.80 bits per heavy atom. The van der Waals surface area contributed by atoms with Crippen LogP contribution in [0.3, 0.4) is 0 Å². The van der Waals surface area contributed by atoms with Crippen molar-refractivity contribution in [3.05, 3.63) is 18.2 Å². The molecule has 1 aliphatic rings. The lowest BCUT2D eigenvalue weighted by Crippen LogP contribution is -2.15. The lowest BCUT2D eigenvalue weighted by molar-refractivity contribution is 0.342. The molecule has 3 N–H and O–H groups in total. The van der Waals surface area contributed by atoms with E-state index in [0.717, 1.165) is 11.4 Å². The van der Waals surface area contributed by atoms with Gasteiger partial charge in [-0.2, -0.15) is 0 Å². The Balaban J connectivity index is 2.14. The van der Waals surface area contributed by atoms with Crippen molar-refractivity contribution in [2.45, 2.75) is 32.2 Å². The molecule has 0 heterocycles. The summed E-state index contributed by atoms with van der Waals surface area (Å²) in [6.45, 7) is 4.83. The maximum Gasteiger partial charge on any atom is 0.144 e.